The van der Waals surface area contributed by atoms with E-state index in [4.69, 9.17) is 23.2 Å². The summed E-state index contributed by atoms with van der Waals surface area (Å²) in [6.45, 7) is 2.90. The highest BCUT2D eigenvalue weighted by Crippen LogP contribution is 2.39. The summed E-state index contributed by atoms with van der Waals surface area (Å²) >= 11 is 12.4. The second-order valence-electron chi connectivity index (χ2n) is 7.33. The van der Waals surface area contributed by atoms with E-state index >= 15 is 0 Å². The number of unbranched alkanes of at least 4 members (excludes halogenated alkanes) is 2. The molecule has 5 nitrogen and oxygen atoms in total. The van der Waals surface area contributed by atoms with Crippen LogP contribution in [0, 0.1) is 5.82 Å². The van der Waals surface area contributed by atoms with E-state index in [1.54, 1.807) is 40.3 Å². The van der Waals surface area contributed by atoms with Crippen molar-refractivity contribution in [3.8, 4) is 0 Å². The third kappa shape index (κ3) is 5.50. The number of anilines is 1. The number of amides is 1. The first kappa shape index (κ1) is 22.5. The van der Waals surface area contributed by atoms with E-state index in [9.17, 15) is 9.18 Å². The summed E-state index contributed by atoms with van der Waals surface area (Å²) in [4.78, 5) is 12.8. The van der Waals surface area contributed by atoms with E-state index in [0.29, 0.717) is 27.9 Å². The van der Waals surface area contributed by atoms with E-state index in [1.807, 2.05) is 7.05 Å². The van der Waals surface area contributed by atoms with Crippen molar-refractivity contribution >= 4 is 40.5 Å². The van der Waals surface area contributed by atoms with Crippen LogP contribution in [0.15, 0.2) is 47.6 Å². The summed E-state index contributed by atoms with van der Waals surface area (Å²) in [6, 6.07) is 11.0. The molecular formula is C22H25Cl2FN4O. The molecule has 1 aliphatic rings. The molecule has 1 heterocycles. The lowest BCUT2D eigenvalue weighted by Crippen LogP contribution is -2.43. The van der Waals surface area contributed by atoms with Crippen LogP contribution in [0.5, 0.6) is 0 Å². The normalized spacial score (nSPS) is 16.1. The van der Waals surface area contributed by atoms with Gasteiger partial charge in [0.25, 0.3) is 5.91 Å². The smallest absolute Gasteiger partial charge is 0.281 e. The highest BCUT2D eigenvalue weighted by Gasteiger charge is 2.33. The summed E-state index contributed by atoms with van der Waals surface area (Å²) in [7, 11) is 1.84. The number of halogens is 3. The average Bonchev–Trinajstić information content (AvgIpc) is 3.14. The number of hydrazone groups is 1. The zero-order valence-electron chi connectivity index (χ0n) is 17.0. The van der Waals surface area contributed by atoms with Crippen molar-refractivity contribution in [2.75, 3.05) is 18.6 Å². The van der Waals surface area contributed by atoms with Crippen LogP contribution in [0.4, 0.5) is 10.1 Å². The summed E-state index contributed by atoms with van der Waals surface area (Å²) in [6.07, 6.45) is 3.60. The molecule has 2 aromatic rings. The summed E-state index contributed by atoms with van der Waals surface area (Å²) < 4.78 is 13.4. The molecule has 0 radical (unpaired) electrons. The molecule has 0 fully saturated rings. The van der Waals surface area contributed by atoms with Gasteiger partial charge in [-0.1, -0.05) is 55.1 Å². The predicted molar refractivity (Wildman–Crippen MR) is 120 cm³/mol. The molecule has 0 bridgehead atoms. The number of benzene rings is 2. The zero-order chi connectivity index (χ0) is 21.7. The number of carbonyl (C=O) groups is 1. The van der Waals surface area contributed by atoms with Crippen molar-refractivity contribution in [3.05, 3.63) is 63.9 Å². The second-order valence-corrected chi connectivity index (χ2v) is 8.17. The van der Waals surface area contributed by atoms with Crippen LogP contribution in [-0.2, 0) is 4.79 Å². The first-order chi connectivity index (χ1) is 14.4. The predicted octanol–water partition coefficient (Wildman–Crippen LogP) is 5.59. The maximum Gasteiger partial charge on any atom is 0.281 e. The fourth-order valence-corrected chi connectivity index (χ4v) is 3.87. The number of nitrogens with zero attached hydrogens (tertiary/aromatic N) is 3. The molecule has 1 unspecified atom stereocenters. The first-order valence-corrected chi connectivity index (χ1v) is 10.7. The van der Waals surface area contributed by atoms with Gasteiger partial charge in [-0.2, -0.15) is 5.10 Å². The monoisotopic (exact) mass is 450 g/mol. The van der Waals surface area contributed by atoms with Crippen molar-refractivity contribution in [3.63, 3.8) is 0 Å². The van der Waals surface area contributed by atoms with Gasteiger partial charge in [0.15, 0.2) is 0 Å². The molecule has 2 aromatic carbocycles. The molecule has 0 aliphatic carbocycles. The summed E-state index contributed by atoms with van der Waals surface area (Å²) in [5, 5.41) is 9.00. The van der Waals surface area contributed by atoms with E-state index in [-0.39, 0.29) is 17.8 Å². The van der Waals surface area contributed by atoms with Crippen LogP contribution in [0.1, 0.15) is 44.2 Å². The van der Waals surface area contributed by atoms with Gasteiger partial charge in [-0.15, -0.1) is 0 Å². The molecule has 1 amide bonds. The van der Waals surface area contributed by atoms with Gasteiger partial charge in [-0.25, -0.2) is 9.40 Å². The van der Waals surface area contributed by atoms with Gasteiger partial charge in [0.1, 0.15) is 11.5 Å². The minimum atomic E-state index is -0.319. The molecule has 0 spiro atoms. The van der Waals surface area contributed by atoms with Crippen molar-refractivity contribution in [1.82, 2.24) is 10.4 Å². The van der Waals surface area contributed by atoms with Crippen LogP contribution in [0.3, 0.4) is 0 Å². The van der Waals surface area contributed by atoms with Gasteiger partial charge in [0.05, 0.1) is 16.8 Å². The third-order valence-corrected chi connectivity index (χ3v) is 5.51. The molecule has 1 aliphatic heterocycles. The molecule has 0 saturated heterocycles. The molecule has 1 atom stereocenters. The Bertz CT molecular complexity index is 920. The Hall–Kier alpha value is -2.15. The molecule has 160 valence electrons. The SMILES string of the molecule is CCCCCN(C)NC(=O)C1=NN(c2ccc(Cl)cc2Cl)C(c2ccc(F)cc2)C1. The third-order valence-electron chi connectivity index (χ3n) is 4.97. The van der Waals surface area contributed by atoms with Crippen LogP contribution in [0.25, 0.3) is 0 Å². The Morgan fingerprint density at radius 1 is 1.23 bits per heavy atom. The molecule has 30 heavy (non-hydrogen) atoms. The van der Waals surface area contributed by atoms with Crippen LogP contribution in [0.2, 0.25) is 10.0 Å². The lowest BCUT2D eigenvalue weighted by atomic mass is 10.0. The quantitative estimate of drug-likeness (QED) is 0.420. The van der Waals surface area contributed by atoms with Crippen molar-refractivity contribution in [1.29, 1.82) is 0 Å². The Balaban J connectivity index is 1.84. The fraction of sp³-hybridized carbons (Fsp3) is 0.364. The van der Waals surface area contributed by atoms with Crippen LogP contribution in [-0.4, -0.2) is 30.2 Å². The standard InChI is InChI=1S/C22H25Cl2FN4O/c1-3-4-5-12-28(2)27-22(30)19-14-21(15-6-9-17(25)10-7-15)29(26-19)20-11-8-16(23)13-18(20)24/h6-11,13,21H,3-5,12,14H2,1-2H3,(H,27,30). The molecule has 0 saturated carbocycles. The minimum Gasteiger partial charge on any atom is -0.284 e. The lowest BCUT2D eigenvalue weighted by molar-refractivity contribution is -0.118. The molecular weight excluding hydrogens is 426 g/mol. The topological polar surface area (TPSA) is 47.9 Å². The van der Waals surface area contributed by atoms with Gasteiger partial charge in [0.2, 0.25) is 0 Å². The van der Waals surface area contributed by atoms with Gasteiger partial charge in [0, 0.05) is 25.0 Å². The summed E-state index contributed by atoms with van der Waals surface area (Å²) in [5.41, 5.74) is 4.74. The summed E-state index contributed by atoms with van der Waals surface area (Å²) in [5.74, 6) is -0.575. The Morgan fingerprint density at radius 3 is 2.63 bits per heavy atom. The highest BCUT2D eigenvalue weighted by atomic mass is 35.5. The largest absolute Gasteiger partial charge is 0.284 e. The lowest BCUT2D eigenvalue weighted by Gasteiger charge is -2.25. The Labute approximate surface area is 186 Å². The number of hydrazine groups is 1. The van der Waals surface area contributed by atoms with Crippen LogP contribution < -0.4 is 10.4 Å². The number of hydrogen-bond donors (Lipinski definition) is 1. The minimum absolute atomic E-state index is 0.256. The van der Waals surface area contributed by atoms with E-state index in [0.717, 1.165) is 31.4 Å². The Kier molecular flexibility index (Phi) is 7.69. The zero-order valence-corrected chi connectivity index (χ0v) is 18.5. The maximum absolute atomic E-state index is 13.4. The highest BCUT2D eigenvalue weighted by molar-refractivity contribution is 6.40. The molecule has 0 aromatic heterocycles. The van der Waals surface area contributed by atoms with Gasteiger partial charge >= 0.3 is 0 Å². The van der Waals surface area contributed by atoms with Crippen molar-refractivity contribution in [2.45, 2.75) is 38.6 Å². The van der Waals surface area contributed by atoms with Gasteiger partial charge in [-0.05, 0) is 42.3 Å². The first-order valence-electron chi connectivity index (χ1n) is 9.98. The number of rotatable bonds is 8. The number of hydrogen-bond acceptors (Lipinski definition) is 4. The van der Waals surface area contributed by atoms with E-state index < -0.39 is 0 Å². The van der Waals surface area contributed by atoms with Crippen molar-refractivity contribution in [2.24, 2.45) is 5.10 Å². The van der Waals surface area contributed by atoms with E-state index in [2.05, 4.69) is 17.5 Å². The van der Waals surface area contributed by atoms with Crippen LogP contribution >= 0.6 is 23.2 Å². The Morgan fingerprint density at radius 2 is 1.97 bits per heavy atom. The van der Waals surface area contributed by atoms with Gasteiger partial charge in [-0.3, -0.25) is 15.2 Å². The molecule has 3 rings (SSSR count). The molecule has 8 heteroatoms. The fourth-order valence-electron chi connectivity index (χ4n) is 3.37. The number of carbonyl (C=O) groups excluding carboxylic acids is 1. The van der Waals surface area contributed by atoms with E-state index in [1.165, 1.54) is 12.1 Å². The van der Waals surface area contributed by atoms with Crippen molar-refractivity contribution < 1.29 is 9.18 Å². The van der Waals surface area contributed by atoms with Gasteiger partial charge < -0.3 is 0 Å². The molecule has 1 N–H and O–H groups in total. The number of nitrogens with one attached hydrogen (secondary N) is 1. The second kappa shape index (κ2) is 10.2. The maximum atomic E-state index is 13.4. The average molecular weight is 451 g/mol.